The Balaban J connectivity index is 2.13. The van der Waals surface area contributed by atoms with E-state index in [1.165, 1.54) is 12.1 Å². The molecule has 0 aromatic heterocycles. The van der Waals surface area contributed by atoms with Crippen molar-refractivity contribution >= 4 is 0 Å². The smallest absolute Gasteiger partial charge is 0.364 e. The Labute approximate surface area is 104 Å². The number of nitrogens with one attached hydrogen (secondary N) is 2. The minimum absolute atomic E-state index is 0.137. The van der Waals surface area contributed by atoms with Crippen molar-refractivity contribution in [2.75, 3.05) is 0 Å². The first-order valence-electron chi connectivity index (χ1n) is 5.81. The van der Waals surface area contributed by atoms with Gasteiger partial charge in [0.15, 0.2) is 0 Å². The van der Waals surface area contributed by atoms with Gasteiger partial charge in [-0.1, -0.05) is 19.1 Å². The van der Waals surface area contributed by atoms with Crippen LogP contribution in [0.1, 0.15) is 37.6 Å². The van der Waals surface area contributed by atoms with Crippen LogP contribution in [0.25, 0.3) is 0 Å². The van der Waals surface area contributed by atoms with E-state index in [9.17, 15) is 13.2 Å². The van der Waals surface area contributed by atoms with Gasteiger partial charge in [-0.15, -0.1) is 0 Å². The van der Waals surface area contributed by atoms with Crippen LogP contribution in [0.4, 0.5) is 13.2 Å². The highest BCUT2D eigenvalue weighted by Crippen LogP contribution is 2.30. The third-order valence-electron chi connectivity index (χ3n) is 3.06. The quantitative estimate of drug-likeness (QED) is 0.845. The average molecular weight is 256 g/mol. The summed E-state index contributed by atoms with van der Waals surface area (Å²) in [7, 11) is 0. The number of benzene rings is 1. The Bertz CT molecular complexity index is 460. The summed E-state index contributed by atoms with van der Waals surface area (Å²) in [5, 5.41) is 6.47. The van der Waals surface area contributed by atoms with Crippen molar-refractivity contribution in [2.24, 2.45) is 0 Å². The van der Waals surface area contributed by atoms with E-state index in [0.717, 1.165) is 35.5 Å². The molecule has 0 radical (unpaired) electrons. The molecule has 2 nitrogen and oxygen atoms in total. The summed E-state index contributed by atoms with van der Waals surface area (Å²) in [5.41, 5.74) is 2.32. The van der Waals surface area contributed by atoms with Gasteiger partial charge < -0.3 is 10.6 Å². The standard InChI is InChI=1S/C13H15F3N2/c1-3-11-8(2)17-12(18-11)9-4-6-10(7-5-9)13(14,15)16/h4-7,12,17-18H,3H2,1-2H3. The first-order chi connectivity index (χ1) is 8.41. The molecule has 1 aromatic rings. The largest absolute Gasteiger partial charge is 0.416 e. The van der Waals surface area contributed by atoms with Crippen molar-refractivity contribution in [3.63, 3.8) is 0 Å². The van der Waals surface area contributed by atoms with E-state index in [1.54, 1.807) is 0 Å². The van der Waals surface area contributed by atoms with Gasteiger partial charge in [-0.05, 0) is 31.0 Å². The lowest BCUT2D eigenvalue weighted by Crippen LogP contribution is -2.23. The Kier molecular flexibility index (Phi) is 3.24. The fraction of sp³-hybridized carbons (Fsp3) is 0.385. The first-order valence-corrected chi connectivity index (χ1v) is 5.81. The fourth-order valence-corrected chi connectivity index (χ4v) is 2.02. The Morgan fingerprint density at radius 3 is 2.17 bits per heavy atom. The second-order valence-corrected chi connectivity index (χ2v) is 4.30. The van der Waals surface area contributed by atoms with Crippen LogP contribution < -0.4 is 10.6 Å². The molecule has 0 bridgehead atoms. The molecule has 0 fully saturated rings. The van der Waals surface area contributed by atoms with E-state index in [2.05, 4.69) is 10.6 Å². The minimum Gasteiger partial charge on any atom is -0.364 e. The van der Waals surface area contributed by atoms with Crippen LogP contribution in [-0.2, 0) is 6.18 Å². The number of hydrogen-bond donors (Lipinski definition) is 2. The third-order valence-corrected chi connectivity index (χ3v) is 3.06. The Morgan fingerprint density at radius 1 is 1.11 bits per heavy atom. The molecule has 2 N–H and O–H groups in total. The van der Waals surface area contributed by atoms with Crippen LogP contribution >= 0.6 is 0 Å². The zero-order chi connectivity index (χ0) is 13.3. The predicted molar refractivity (Wildman–Crippen MR) is 63.4 cm³/mol. The topological polar surface area (TPSA) is 24.1 Å². The summed E-state index contributed by atoms with van der Waals surface area (Å²) in [6, 6.07) is 5.22. The van der Waals surface area contributed by atoms with Gasteiger partial charge in [0.25, 0.3) is 0 Å². The highest BCUT2D eigenvalue weighted by molar-refractivity contribution is 5.30. The summed E-state index contributed by atoms with van der Waals surface area (Å²) < 4.78 is 37.3. The molecule has 2 rings (SSSR count). The van der Waals surface area contributed by atoms with Gasteiger partial charge in [0, 0.05) is 11.4 Å². The molecule has 0 aliphatic carbocycles. The molecule has 1 aliphatic heterocycles. The van der Waals surface area contributed by atoms with Crippen molar-refractivity contribution in [1.29, 1.82) is 0 Å². The normalized spacial score (nSPS) is 19.7. The molecular formula is C13H15F3N2. The number of halogens is 3. The zero-order valence-electron chi connectivity index (χ0n) is 10.2. The van der Waals surface area contributed by atoms with Crippen molar-refractivity contribution in [3.8, 4) is 0 Å². The highest BCUT2D eigenvalue weighted by Gasteiger charge is 2.30. The van der Waals surface area contributed by atoms with Crippen LogP contribution in [0.15, 0.2) is 35.7 Å². The summed E-state index contributed by atoms with van der Waals surface area (Å²) in [6.45, 7) is 3.98. The molecule has 98 valence electrons. The Morgan fingerprint density at radius 2 is 1.72 bits per heavy atom. The molecule has 0 saturated heterocycles. The summed E-state index contributed by atoms with van der Waals surface area (Å²) >= 11 is 0. The molecule has 1 atom stereocenters. The maximum atomic E-state index is 12.4. The lowest BCUT2D eigenvalue weighted by molar-refractivity contribution is -0.137. The van der Waals surface area contributed by atoms with Gasteiger partial charge in [0.1, 0.15) is 6.17 Å². The van der Waals surface area contributed by atoms with Gasteiger partial charge in [-0.3, -0.25) is 0 Å². The Hall–Kier alpha value is -1.65. The molecule has 0 saturated carbocycles. The second kappa shape index (κ2) is 4.55. The van der Waals surface area contributed by atoms with Crippen LogP contribution in [0.3, 0.4) is 0 Å². The monoisotopic (exact) mass is 256 g/mol. The molecule has 0 spiro atoms. The summed E-state index contributed by atoms with van der Waals surface area (Å²) in [6.07, 6.45) is -3.55. The van der Waals surface area contributed by atoms with Gasteiger partial charge >= 0.3 is 6.18 Å². The van der Waals surface area contributed by atoms with Crippen molar-refractivity contribution in [2.45, 2.75) is 32.6 Å². The number of allylic oxidation sites excluding steroid dienone is 2. The lowest BCUT2D eigenvalue weighted by atomic mass is 10.1. The molecule has 0 amide bonds. The number of hydrogen-bond acceptors (Lipinski definition) is 2. The van der Waals surface area contributed by atoms with E-state index in [-0.39, 0.29) is 6.17 Å². The summed E-state index contributed by atoms with van der Waals surface area (Å²) in [4.78, 5) is 0. The maximum absolute atomic E-state index is 12.4. The zero-order valence-corrected chi connectivity index (χ0v) is 10.2. The number of rotatable bonds is 2. The average Bonchev–Trinajstić information content (AvgIpc) is 2.69. The number of alkyl halides is 3. The molecule has 1 unspecified atom stereocenters. The molecular weight excluding hydrogens is 241 g/mol. The second-order valence-electron chi connectivity index (χ2n) is 4.30. The van der Waals surface area contributed by atoms with Gasteiger partial charge in [-0.25, -0.2) is 0 Å². The van der Waals surface area contributed by atoms with Gasteiger partial charge in [-0.2, -0.15) is 13.2 Å². The summed E-state index contributed by atoms with van der Waals surface area (Å²) in [5.74, 6) is 0. The van der Waals surface area contributed by atoms with Crippen LogP contribution in [0, 0.1) is 0 Å². The van der Waals surface area contributed by atoms with E-state index in [0.29, 0.717) is 0 Å². The SMILES string of the molecule is CCC1=C(C)NC(c2ccc(C(F)(F)F)cc2)N1. The van der Waals surface area contributed by atoms with E-state index < -0.39 is 11.7 Å². The predicted octanol–water partition coefficient (Wildman–Crippen LogP) is 3.54. The van der Waals surface area contributed by atoms with Crippen LogP contribution in [0.5, 0.6) is 0 Å². The lowest BCUT2D eigenvalue weighted by Gasteiger charge is -2.15. The maximum Gasteiger partial charge on any atom is 0.416 e. The van der Waals surface area contributed by atoms with Crippen LogP contribution in [0.2, 0.25) is 0 Å². The minimum atomic E-state index is -4.28. The van der Waals surface area contributed by atoms with Crippen molar-refractivity contribution < 1.29 is 13.2 Å². The third kappa shape index (κ3) is 2.44. The molecule has 1 aromatic carbocycles. The van der Waals surface area contributed by atoms with Gasteiger partial charge in [0.05, 0.1) is 5.56 Å². The fourth-order valence-electron chi connectivity index (χ4n) is 2.02. The van der Waals surface area contributed by atoms with Crippen molar-refractivity contribution in [1.82, 2.24) is 10.6 Å². The highest BCUT2D eigenvalue weighted by atomic mass is 19.4. The van der Waals surface area contributed by atoms with E-state index in [4.69, 9.17) is 0 Å². The van der Waals surface area contributed by atoms with Gasteiger partial charge in [0.2, 0.25) is 0 Å². The molecule has 18 heavy (non-hydrogen) atoms. The molecule has 5 heteroatoms. The van der Waals surface area contributed by atoms with E-state index >= 15 is 0 Å². The first kappa shape index (κ1) is 12.8. The molecule has 1 heterocycles. The van der Waals surface area contributed by atoms with Crippen molar-refractivity contribution in [3.05, 3.63) is 46.8 Å². The van der Waals surface area contributed by atoms with E-state index in [1.807, 2.05) is 13.8 Å². The molecule has 1 aliphatic rings. The van der Waals surface area contributed by atoms with Crippen LogP contribution in [-0.4, -0.2) is 0 Å².